The van der Waals surface area contributed by atoms with Crippen LogP contribution in [0.15, 0.2) is 11.6 Å². The molecule has 1 unspecified atom stereocenters. The summed E-state index contributed by atoms with van der Waals surface area (Å²) in [6.07, 6.45) is 3.72. The fourth-order valence-corrected chi connectivity index (χ4v) is 1.82. The number of thiazole rings is 1. The Balaban J connectivity index is 2.16. The van der Waals surface area contributed by atoms with Crippen molar-refractivity contribution >= 4 is 17.3 Å². The van der Waals surface area contributed by atoms with Gasteiger partial charge in [0, 0.05) is 11.6 Å². The fourth-order valence-electron chi connectivity index (χ4n) is 1.15. The van der Waals surface area contributed by atoms with Gasteiger partial charge in [0.15, 0.2) is 0 Å². The van der Waals surface area contributed by atoms with Gasteiger partial charge in [-0.3, -0.25) is 10.1 Å². The molecular weight excluding hydrogens is 224 g/mol. The molecule has 0 aliphatic heterocycles. The van der Waals surface area contributed by atoms with Gasteiger partial charge in [-0.25, -0.2) is 4.98 Å². The molecule has 0 amide bonds. The topological polar surface area (TPSA) is 51.2 Å². The summed E-state index contributed by atoms with van der Waals surface area (Å²) in [6, 6.07) is 0.0960. The molecule has 0 saturated heterocycles. The number of carbonyl (C=O) groups is 1. The summed E-state index contributed by atoms with van der Waals surface area (Å²) in [6.45, 7) is 4.81. The first-order chi connectivity index (χ1) is 7.74. The van der Waals surface area contributed by atoms with Gasteiger partial charge in [-0.15, -0.1) is 11.3 Å². The molecule has 1 atom stereocenters. The third kappa shape index (κ3) is 4.72. The van der Waals surface area contributed by atoms with Crippen LogP contribution in [0.4, 0.5) is 0 Å². The number of aromatic nitrogens is 1. The molecule has 1 N–H and O–H groups in total. The van der Waals surface area contributed by atoms with E-state index in [9.17, 15) is 4.79 Å². The third-order valence-corrected chi connectivity index (χ3v) is 3.09. The molecule has 4 nitrogen and oxygen atoms in total. The number of nitrogens with zero attached hydrogens (tertiary/aromatic N) is 1. The summed E-state index contributed by atoms with van der Waals surface area (Å²) < 4.78 is 5.03. The van der Waals surface area contributed by atoms with Crippen molar-refractivity contribution in [2.45, 2.75) is 32.7 Å². The number of hydrogen-bond donors (Lipinski definition) is 1. The molecule has 1 rings (SSSR count). The second-order valence-corrected chi connectivity index (χ2v) is 4.47. The van der Waals surface area contributed by atoms with E-state index in [0.29, 0.717) is 6.61 Å². The highest BCUT2D eigenvalue weighted by atomic mass is 32.1. The first-order valence-electron chi connectivity index (χ1n) is 5.52. The summed E-state index contributed by atoms with van der Waals surface area (Å²) in [4.78, 5) is 15.5. The van der Waals surface area contributed by atoms with E-state index >= 15 is 0 Å². The highest BCUT2D eigenvalue weighted by Gasteiger charge is 2.09. The van der Waals surface area contributed by atoms with Gasteiger partial charge < -0.3 is 4.74 Å². The summed E-state index contributed by atoms with van der Waals surface area (Å²) in [5, 5.41) is 6.00. The van der Waals surface area contributed by atoms with Crippen LogP contribution in [0.1, 0.15) is 37.7 Å². The number of rotatable bonds is 7. The summed E-state index contributed by atoms with van der Waals surface area (Å²) in [5.74, 6) is -0.197. The summed E-state index contributed by atoms with van der Waals surface area (Å²) in [7, 11) is 0. The van der Waals surface area contributed by atoms with Gasteiger partial charge in [-0.2, -0.15) is 0 Å². The lowest BCUT2D eigenvalue weighted by Crippen LogP contribution is -2.27. The van der Waals surface area contributed by atoms with Crippen molar-refractivity contribution in [3.63, 3.8) is 0 Å². The summed E-state index contributed by atoms with van der Waals surface area (Å²) in [5.41, 5.74) is 0. The number of hydrogen-bond acceptors (Lipinski definition) is 5. The van der Waals surface area contributed by atoms with Crippen LogP contribution in [0, 0.1) is 0 Å². The Morgan fingerprint density at radius 1 is 1.69 bits per heavy atom. The second kappa shape index (κ2) is 7.35. The van der Waals surface area contributed by atoms with Crippen LogP contribution < -0.4 is 5.32 Å². The molecule has 90 valence electrons. The van der Waals surface area contributed by atoms with Crippen molar-refractivity contribution in [3.8, 4) is 0 Å². The number of esters is 1. The average molecular weight is 242 g/mol. The van der Waals surface area contributed by atoms with Crippen molar-refractivity contribution in [2.24, 2.45) is 0 Å². The first kappa shape index (κ1) is 13.1. The van der Waals surface area contributed by atoms with Crippen LogP contribution in [0.3, 0.4) is 0 Å². The SMILES string of the molecule is CCCCOC(=O)CNC(C)c1nccs1. The lowest BCUT2D eigenvalue weighted by Gasteiger charge is -2.10. The Morgan fingerprint density at radius 2 is 2.50 bits per heavy atom. The van der Waals surface area contributed by atoms with E-state index in [2.05, 4.69) is 17.2 Å². The Bertz CT molecular complexity index is 301. The number of ether oxygens (including phenoxy) is 1. The maximum atomic E-state index is 11.3. The molecular formula is C11H18N2O2S. The van der Waals surface area contributed by atoms with E-state index in [-0.39, 0.29) is 18.6 Å². The van der Waals surface area contributed by atoms with Gasteiger partial charge in [0.25, 0.3) is 0 Å². The Labute approximate surface area is 100 Å². The lowest BCUT2D eigenvalue weighted by atomic mass is 10.3. The molecule has 1 heterocycles. The van der Waals surface area contributed by atoms with Gasteiger partial charge in [0.1, 0.15) is 5.01 Å². The highest BCUT2D eigenvalue weighted by molar-refractivity contribution is 7.09. The molecule has 1 aromatic heterocycles. The predicted molar refractivity (Wildman–Crippen MR) is 64.4 cm³/mol. The normalized spacial score (nSPS) is 12.4. The van der Waals surface area contributed by atoms with Crippen molar-refractivity contribution in [1.29, 1.82) is 0 Å². The van der Waals surface area contributed by atoms with Gasteiger partial charge in [0.05, 0.1) is 19.2 Å². The number of nitrogens with one attached hydrogen (secondary N) is 1. The van der Waals surface area contributed by atoms with Crippen LogP contribution in [-0.2, 0) is 9.53 Å². The van der Waals surface area contributed by atoms with Crippen LogP contribution in [0.5, 0.6) is 0 Å². The highest BCUT2D eigenvalue weighted by Crippen LogP contribution is 2.13. The molecule has 0 fully saturated rings. The molecule has 0 saturated carbocycles. The van der Waals surface area contributed by atoms with E-state index in [4.69, 9.17) is 4.74 Å². The van der Waals surface area contributed by atoms with E-state index in [1.807, 2.05) is 12.3 Å². The van der Waals surface area contributed by atoms with Crippen molar-refractivity contribution < 1.29 is 9.53 Å². The second-order valence-electron chi connectivity index (χ2n) is 3.55. The summed E-state index contributed by atoms with van der Waals surface area (Å²) >= 11 is 1.58. The van der Waals surface area contributed by atoms with Crippen molar-refractivity contribution in [1.82, 2.24) is 10.3 Å². The monoisotopic (exact) mass is 242 g/mol. The maximum absolute atomic E-state index is 11.3. The molecule has 0 aromatic carbocycles. The minimum absolute atomic E-state index is 0.0960. The zero-order valence-electron chi connectivity index (χ0n) is 9.73. The smallest absolute Gasteiger partial charge is 0.319 e. The van der Waals surface area contributed by atoms with Crippen LogP contribution in [0.2, 0.25) is 0 Å². The standard InChI is InChI=1S/C11H18N2O2S/c1-3-4-6-15-10(14)8-13-9(2)11-12-5-7-16-11/h5,7,9,13H,3-4,6,8H2,1-2H3. The van der Waals surface area contributed by atoms with E-state index in [0.717, 1.165) is 17.8 Å². The molecule has 0 bridgehead atoms. The van der Waals surface area contributed by atoms with Gasteiger partial charge in [0.2, 0.25) is 0 Å². The van der Waals surface area contributed by atoms with Crippen LogP contribution >= 0.6 is 11.3 Å². The van der Waals surface area contributed by atoms with Crippen molar-refractivity contribution in [2.75, 3.05) is 13.2 Å². The molecule has 0 aliphatic carbocycles. The maximum Gasteiger partial charge on any atom is 0.319 e. The van der Waals surface area contributed by atoms with E-state index in [1.54, 1.807) is 17.5 Å². The van der Waals surface area contributed by atoms with Gasteiger partial charge >= 0.3 is 5.97 Å². The fraction of sp³-hybridized carbons (Fsp3) is 0.636. The Hall–Kier alpha value is -0.940. The molecule has 0 radical (unpaired) electrons. The zero-order valence-corrected chi connectivity index (χ0v) is 10.5. The molecule has 5 heteroatoms. The Morgan fingerprint density at radius 3 is 3.12 bits per heavy atom. The lowest BCUT2D eigenvalue weighted by molar-refractivity contribution is -0.142. The van der Waals surface area contributed by atoms with Gasteiger partial charge in [-0.05, 0) is 13.3 Å². The molecule has 1 aromatic rings. The zero-order chi connectivity index (χ0) is 11.8. The van der Waals surface area contributed by atoms with Crippen molar-refractivity contribution in [3.05, 3.63) is 16.6 Å². The molecule has 0 spiro atoms. The average Bonchev–Trinajstić information content (AvgIpc) is 2.79. The minimum Gasteiger partial charge on any atom is -0.465 e. The van der Waals surface area contributed by atoms with E-state index < -0.39 is 0 Å². The van der Waals surface area contributed by atoms with Crippen LogP contribution in [0.25, 0.3) is 0 Å². The largest absolute Gasteiger partial charge is 0.465 e. The number of unbranched alkanes of at least 4 members (excludes halogenated alkanes) is 1. The quantitative estimate of drug-likeness (QED) is 0.588. The van der Waals surface area contributed by atoms with E-state index in [1.165, 1.54) is 0 Å². The first-order valence-corrected chi connectivity index (χ1v) is 6.40. The predicted octanol–water partition coefficient (Wildman–Crippen LogP) is 2.14. The minimum atomic E-state index is -0.197. The van der Waals surface area contributed by atoms with Crippen LogP contribution in [-0.4, -0.2) is 24.1 Å². The molecule has 0 aliphatic rings. The Kier molecular flexibility index (Phi) is 6.03. The molecule has 16 heavy (non-hydrogen) atoms. The van der Waals surface area contributed by atoms with Gasteiger partial charge in [-0.1, -0.05) is 13.3 Å². The number of carbonyl (C=O) groups excluding carboxylic acids is 1. The third-order valence-electron chi connectivity index (χ3n) is 2.14.